The summed E-state index contributed by atoms with van der Waals surface area (Å²) in [5.41, 5.74) is 1.82. The lowest BCUT2D eigenvalue weighted by molar-refractivity contribution is 0.0989. The lowest BCUT2D eigenvalue weighted by Crippen LogP contribution is -2.11. The summed E-state index contributed by atoms with van der Waals surface area (Å²) in [6.45, 7) is 4.58. The molecule has 112 valence electrons. The van der Waals surface area contributed by atoms with E-state index in [1.54, 1.807) is 4.68 Å². The molecule has 0 aliphatic carbocycles. The molecular formula is C15H15BrF2N2O. The molecule has 0 amide bonds. The highest BCUT2D eigenvalue weighted by molar-refractivity contribution is 9.10. The molecule has 0 fully saturated rings. The maximum absolute atomic E-state index is 13.5. The van der Waals surface area contributed by atoms with E-state index in [9.17, 15) is 13.6 Å². The van der Waals surface area contributed by atoms with Crippen LogP contribution in [-0.4, -0.2) is 15.6 Å². The summed E-state index contributed by atoms with van der Waals surface area (Å²) in [4.78, 5) is 12.3. The Hall–Kier alpha value is -1.56. The predicted molar refractivity (Wildman–Crippen MR) is 79.4 cm³/mol. The first-order chi connectivity index (χ1) is 9.97. The number of aromatic nitrogens is 2. The van der Waals surface area contributed by atoms with Crippen LogP contribution in [0.1, 0.15) is 35.6 Å². The van der Waals surface area contributed by atoms with Gasteiger partial charge in [-0.1, -0.05) is 6.92 Å². The van der Waals surface area contributed by atoms with E-state index in [1.807, 2.05) is 19.9 Å². The third kappa shape index (κ3) is 3.20. The van der Waals surface area contributed by atoms with Crippen molar-refractivity contribution in [3.8, 4) is 0 Å². The van der Waals surface area contributed by atoms with Crippen LogP contribution in [-0.2, 0) is 19.4 Å². The van der Waals surface area contributed by atoms with Crippen molar-refractivity contribution in [3.05, 3.63) is 51.3 Å². The van der Waals surface area contributed by atoms with Crippen molar-refractivity contribution in [2.24, 2.45) is 0 Å². The number of ketones is 1. The number of carbonyl (C=O) groups is 1. The van der Waals surface area contributed by atoms with Gasteiger partial charge in [0.25, 0.3) is 0 Å². The van der Waals surface area contributed by atoms with Crippen LogP contribution in [0.3, 0.4) is 0 Å². The highest BCUT2D eigenvalue weighted by Gasteiger charge is 2.18. The summed E-state index contributed by atoms with van der Waals surface area (Å²) in [5.74, 6) is -2.30. The van der Waals surface area contributed by atoms with Crippen LogP contribution in [0.4, 0.5) is 8.78 Å². The van der Waals surface area contributed by atoms with Gasteiger partial charge in [0.15, 0.2) is 17.4 Å². The Bertz CT molecular complexity index is 683. The summed E-state index contributed by atoms with van der Waals surface area (Å²) in [6, 6.07) is 4.12. The molecule has 2 aromatic rings. The number of halogens is 3. The first-order valence-corrected chi connectivity index (χ1v) is 7.49. The lowest BCUT2D eigenvalue weighted by Gasteiger charge is -2.07. The molecule has 0 saturated heterocycles. The molecule has 0 N–H and O–H groups in total. The van der Waals surface area contributed by atoms with Crippen molar-refractivity contribution >= 4 is 21.7 Å². The summed E-state index contributed by atoms with van der Waals surface area (Å²) in [6.07, 6.45) is 0.883. The topological polar surface area (TPSA) is 34.9 Å². The molecule has 0 radical (unpaired) electrons. The number of rotatable bonds is 5. The Balaban J connectivity index is 2.30. The van der Waals surface area contributed by atoms with Crippen LogP contribution in [0.2, 0.25) is 0 Å². The molecule has 0 unspecified atom stereocenters. The molecule has 1 heterocycles. The minimum absolute atomic E-state index is 0.102. The number of Topliss-reactive ketones (excluding diaryl/α,β-unsaturated/α-hetero) is 1. The fraction of sp³-hybridized carbons (Fsp3) is 0.333. The minimum Gasteiger partial charge on any atom is -0.294 e. The fourth-order valence-corrected chi connectivity index (χ4v) is 2.65. The van der Waals surface area contributed by atoms with Crippen molar-refractivity contribution in [1.82, 2.24) is 9.78 Å². The molecule has 0 aliphatic rings. The van der Waals surface area contributed by atoms with Gasteiger partial charge in [0.05, 0.1) is 16.6 Å². The molecule has 1 aromatic heterocycles. The number of benzene rings is 1. The fourth-order valence-electron chi connectivity index (χ4n) is 2.10. The smallest absolute Gasteiger partial charge is 0.173 e. The van der Waals surface area contributed by atoms with Gasteiger partial charge in [-0.2, -0.15) is 5.10 Å². The first kappa shape index (κ1) is 15.8. The SMILES string of the molecule is CCc1cc(CC(=O)c2ccc(F)c(F)c2Br)n(CC)n1. The van der Waals surface area contributed by atoms with Crippen LogP contribution in [0.25, 0.3) is 0 Å². The zero-order valence-electron chi connectivity index (χ0n) is 11.8. The van der Waals surface area contributed by atoms with Gasteiger partial charge in [-0.15, -0.1) is 0 Å². The highest BCUT2D eigenvalue weighted by Crippen LogP contribution is 2.24. The molecule has 1 aromatic carbocycles. The summed E-state index contributed by atoms with van der Waals surface area (Å²) >= 11 is 2.94. The number of hydrogen-bond acceptors (Lipinski definition) is 2. The second-order valence-corrected chi connectivity index (χ2v) is 5.41. The van der Waals surface area contributed by atoms with Crippen molar-refractivity contribution < 1.29 is 13.6 Å². The van der Waals surface area contributed by atoms with E-state index in [1.165, 1.54) is 6.07 Å². The molecule has 0 spiro atoms. The number of carbonyl (C=O) groups excluding carboxylic acids is 1. The first-order valence-electron chi connectivity index (χ1n) is 6.70. The van der Waals surface area contributed by atoms with Crippen molar-refractivity contribution in [2.45, 2.75) is 33.2 Å². The van der Waals surface area contributed by atoms with Crippen molar-refractivity contribution in [2.75, 3.05) is 0 Å². The molecular weight excluding hydrogens is 342 g/mol. The second-order valence-electron chi connectivity index (χ2n) is 4.62. The van der Waals surface area contributed by atoms with Gasteiger partial charge in [-0.25, -0.2) is 8.78 Å². The number of aryl methyl sites for hydroxylation is 2. The van der Waals surface area contributed by atoms with E-state index < -0.39 is 11.6 Å². The van der Waals surface area contributed by atoms with E-state index >= 15 is 0 Å². The average Bonchev–Trinajstić information content (AvgIpc) is 2.87. The van der Waals surface area contributed by atoms with Crippen molar-refractivity contribution in [3.63, 3.8) is 0 Å². The number of nitrogens with zero attached hydrogens (tertiary/aromatic N) is 2. The van der Waals surface area contributed by atoms with Gasteiger partial charge in [-0.3, -0.25) is 9.48 Å². The molecule has 0 saturated carbocycles. The summed E-state index contributed by atoms with van der Waals surface area (Å²) < 4.78 is 28.2. The predicted octanol–water partition coefficient (Wildman–Crippen LogP) is 3.93. The van der Waals surface area contributed by atoms with E-state index in [-0.39, 0.29) is 22.2 Å². The standard InChI is InChI=1S/C15H15BrF2N2O/c1-3-9-7-10(20(4-2)19-9)8-13(21)11-5-6-12(17)15(18)14(11)16/h5-7H,3-4,8H2,1-2H3. The summed E-state index contributed by atoms with van der Waals surface area (Å²) in [7, 11) is 0. The van der Waals surface area contributed by atoms with Crippen LogP contribution in [0.15, 0.2) is 22.7 Å². The quantitative estimate of drug-likeness (QED) is 0.600. The van der Waals surface area contributed by atoms with Gasteiger partial charge in [-0.05, 0) is 47.5 Å². The Kier molecular flexibility index (Phi) is 4.88. The highest BCUT2D eigenvalue weighted by atomic mass is 79.9. The Morgan fingerprint density at radius 3 is 2.67 bits per heavy atom. The van der Waals surface area contributed by atoms with Gasteiger partial charge in [0.1, 0.15) is 0 Å². The van der Waals surface area contributed by atoms with E-state index in [0.29, 0.717) is 6.54 Å². The molecule has 21 heavy (non-hydrogen) atoms. The average molecular weight is 357 g/mol. The number of hydrogen-bond donors (Lipinski definition) is 0. The third-order valence-electron chi connectivity index (χ3n) is 3.25. The third-order valence-corrected chi connectivity index (χ3v) is 4.03. The van der Waals surface area contributed by atoms with Gasteiger partial charge < -0.3 is 0 Å². The monoisotopic (exact) mass is 356 g/mol. The summed E-state index contributed by atoms with van der Waals surface area (Å²) in [5, 5.41) is 4.37. The molecule has 0 aliphatic heterocycles. The van der Waals surface area contributed by atoms with E-state index in [2.05, 4.69) is 21.0 Å². The normalized spacial score (nSPS) is 10.9. The van der Waals surface area contributed by atoms with Gasteiger partial charge in [0, 0.05) is 17.8 Å². The zero-order chi connectivity index (χ0) is 15.6. The van der Waals surface area contributed by atoms with Crippen LogP contribution in [0.5, 0.6) is 0 Å². The van der Waals surface area contributed by atoms with Crippen LogP contribution >= 0.6 is 15.9 Å². The van der Waals surface area contributed by atoms with Crippen LogP contribution < -0.4 is 0 Å². The van der Waals surface area contributed by atoms with E-state index in [4.69, 9.17) is 0 Å². The Morgan fingerprint density at radius 2 is 2.05 bits per heavy atom. The molecule has 3 nitrogen and oxygen atoms in total. The van der Waals surface area contributed by atoms with Gasteiger partial charge in [0.2, 0.25) is 0 Å². The molecule has 0 bridgehead atoms. The lowest BCUT2D eigenvalue weighted by atomic mass is 10.1. The Labute approximate surface area is 130 Å². The molecule has 0 atom stereocenters. The van der Waals surface area contributed by atoms with Gasteiger partial charge >= 0.3 is 0 Å². The maximum Gasteiger partial charge on any atom is 0.173 e. The van der Waals surface area contributed by atoms with E-state index in [0.717, 1.165) is 23.9 Å². The maximum atomic E-state index is 13.5. The second kappa shape index (κ2) is 6.47. The largest absolute Gasteiger partial charge is 0.294 e. The van der Waals surface area contributed by atoms with Crippen molar-refractivity contribution in [1.29, 1.82) is 0 Å². The minimum atomic E-state index is -1.04. The van der Waals surface area contributed by atoms with Crippen LogP contribution in [0, 0.1) is 11.6 Å². The zero-order valence-corrected chi connectivity index (χ0v) is 13.4. The molecule has 2 rings (SSSR count). The molecule has 6 heteroatoms. The Morgan fingerprint density at radius 1 is 1.33 bits per heavy atom.